The number of nitrogens with zero attached hydrogens (tertiary/aromatic N) is 1. The molecule has 0 spiro atoms. The van der Waals surface area contributed by atoms with Crippen LogP contribution in [0.5, 0.6) is 0 Å². The van der Waals surface area contributed by atoms with Crippen molar-refractivity contribution in [2.24, 2.45) is 0 Å². The summed E-state index contributed by atoms with van der Waals surface area (Å²) in [6, 6.07) is 26.8. The standard InChI is InChI=1S/C24H25N3O2/c1-27(22-13-6-3-7-14-22)24(29)18-25-20-11-8-12-21(17-20)26-23(28)16-15-19-9-4-2-5-10-19/h2-14,17,25H,15-16,18H2,1H3,(H,26,28). The number of amides is 2. The molecule has 29 heavy (non-hydrogen) atoms. The van der Waals surface area contributed by atoms with E-state index >= 15 is 0 Å². The van der Waals surface area contributed by atoms with Crippen LogP contribution in [0, 0.1) is 0 Å². The van der Waals surface area contributed by atoms with Gasteiger partial charge in [-0.05, 0) is 42.3 Å². The third kappa shape index (κ3) is 6.21. The first kappa shape index (κ1) is 20.1. The van der Waals surface area contributed by atoms with Crippen LogP contribution in [-0.2, 0) is 16.0 Å². The van der Waals surface area contributed by atoms with Gasteiger partial charge in [0.15, 0.2) is 0 Å². The zero-order valence-corrected chi connectivity index (χ0v) is 16.5. The lowest BCUT2D eigenvalue weighted by atomic mass is 10.1. The Morgan fingerprint density at radius 1 is 0.828 bits per heavy atom. The van der Waals surface area contributed by atoms with Gasteiger partial charge in [-0.25, -0.2) is 0 Å². The molecular weight excluding hydrogens is 362 g/mol. The van der Waals surface area contributed by atoms with Crippen molar-refractivity contribution < 1.29 is 9.59 Å². The van der Waals surface area contributed by atoms with Gasteiger partial charge in [-0.15, -0.1) is 0 Å². The smallest absolute Gasteiger partial charge is 0.246 e. The second kappa shape index (κ2) is 10.1. The summed E-state index contributed by atoms with van der Waals surface area (Å²) in [6.45, 7) is 0.163. The maximum atomic E-state index is 12.4. The van der Waals surface area contributed by atoms with Gasteiger partial charge in [0.25, 0.3) is 0 Å². The Hall–Kier alpha value is -3.60. The molecule has 0 heterocycles. The van der Waals surface area contributed by atoms with Gasteiger partial charge >= 0.3 is 0 Å². The van der Waals surface area contributed by atoms with E-state index in [9.17, 15) is 9.59 Å². The second-order valence-corrected chi connectivity index (χ2v) is 6.76. The van der Waals surface area contributed by atoms with Crippen LogP contribution in [-0.4, -0.2) is 25.4 Å². The molecule has 3 rings (SSSR count). The van der Waals surface area contributed by atoms with Crippen LogP contribution in [0.1, 0.15) is 12.0 Å². The van der Waals surface area contributed by atoms with Crippen molar-refractivity contribution in [3.8, 4) is 0 Å². The van der Waals surface area contributed by atoms with Gasteiger partial charge in [-0.2, -0.15) is 0 Å². The fraction of sp³-hybridized carbons (Fsp3) is 0.167. The van der Waals surface area contributed by atoms with E-state index in [0.717, 1.165) is 16.9 Å². The Morgan fingerprint density at radius 2 is 1.48 bits per heavy atom. The minimum absolute atomic E-state index is 0.0362. The molecule has 0 saturated heterocycles. The largest absolute Gasteiger partial charge is 0.376 e. The normalized spacial score (nSPS) is 10.2. The number of nitrogens with one attached hydrogen (secondary N) is 2. The van der Waals surface area contributed by atoms with E-state index in [1.165, 1.54) is 0 Å². The van der Waals surface area contributed by atoms with Crippen molar-refractivity contribution in [3.05, 3.63) is 90.5 Å². The first-order valence-electron chi connectivity index (χ1n) is 9.61. The minimum atomic E-state index is -0.0477. The van der Waals surface area contributed by atoms with Crippen molar-refractivity contribution >= 4 is 28.9 Å². The number of hydrogen-bond acceptors (Lipinski definition) is 3. The molecule has 0 fully saturated rings. The molecule has 2 N–H and O–H groups in total. The molecule has 148 valence electrons. The van der Waals surface area contributed by atoms with Crippen LogP contribution in [0.3, 0.4) is 0 Å². The van der Waals surface area contributed by atoms with E-state index in [1.54, 1.807) is 11.9 Å². The number of likely N-dealkylation sites (N-methyl/N-ethyl adjacent to an activating group) is 1. The highest BCUT2D eigenvalue weighted by Crippen LogP contribution is 2.16. The van der Waals surface area contributed by atoms with Crippen LogP contribution in [0.4, 0.5) is 17.1 Å². The molecular formula is C24H25N3O2. The summed E-state index contributed by atoms with van der Waals surface area (Å²) in [6.07, 6.45) is 1.12. The summed E-state index contributed by atoms with van der Waals surface area (Å²) < 4.78 is 0. The number of hydrogen-bond donors (Lipinski definition) is 2. The molecule has 5 heteroatoms. The lowest BCUT2D eigenvalue weighted by Gasteiger charge is -2.18. The zero-order chi connectivity index (χ0) is 20.5. The lowest BCUT2D eigenvalue weighted by Crippen LogP contribution is -2.32. The van der Waals surface area contributed by atoms with E-state index in [4.69, 9.17) is 0 Å². The van der Waals surface area contributed by atoms with Gasteiger partial charge in [-0.3, -0.25) is 9.59 Å². The number of carbonyl (C=O) groups is 2. The molecule has 0 atom stereocenters. The van der Waals surface area contributed by atoms with Crippen molar-refractivity contribution in [1.29, 1.82) is 0 Å². The molecule has 3 aromatic rings. The zero-order valence-electron chi connectivity index (χ0n) is 16.5. The van der Waals surface area contributed by atoms with Gasteiger partial charge in [0, 0.05) is 30.5 Å². The van der Waals surface area contributed by atoms with Crippen LogP contribution in [0.15, 0.2) is 84.9 Å². The van der Waals surface area contributed by atoms with Gasteiger partial charge in [0.1, 0.15) is 0 Å². The molecule has 0 unspecified atom stereocenters. The highest BCUT2D eigenvalue weighted by molar-refractivity contribution is 5.96. The molecule has 0 aliphatic carbocycles. The molecule has 0 aliphatic heterocycles. The van der Waals surface area contributed by atoms with Crippen molar-refractivity contribution in [2.75, 3.05) is 29.1 Å². The SMILES string of the molecule is CN(C(=O)CNc1cccc(NC(=O)CCc2ccccc2)c1)c1ccccc1. The summed E-state index contributed by atoms with van der Waals surface area (Å²) in [5.41, 5.74) is 3.47. The highest BCUT2D eigenvalue weighted by Gasteiger charge is 2.10. The highest BCUT2D eigenvalue weighted by atomic mass is 16.2. The monoisotopic (exact) mass is 387 g/mol. The Kier molecular flexibility index (Phi) is 7.00. The fourth-order valence-corrected chi connectivity index (χ4v) is 2.92. The van der Waals surface area contributed by atoms with Gasteiger partial charge < -0.3 is 15.5 Å². The number of para-hydroxylation sites is 1. The molecule has 0 radical (unpaired) electrons. The van der Waals surface area contributed by atoms with Gasteiger partial charge in [0.2, 0.25) is 11.8 Å². The lowest BCUT2D eigenvalue weighted by molar-refractivity contribution is -0.117. The third-order valence-corrected chi connectivity index (χ3v) is 4.59. The molecule has 0 aliphatic rings. The van der Waals surface area contributed by atoms with Crippen LogP contribution < -0.4 is 15.5 Å². The number of rotatable bonds is 8. The minimum Gasteiger partial charge on any atom is -0.376 e. The maximum absolute atomic E-state index is 12.4. The predicted molar refractivity (Wildman–Crippen MR) is 118 cm³/mol. The number of carbonyl (C=O) groups excluding carboxylic acids is 2. The van der Waals surface area contributed by atoms with Crippen molar-refractivity contribution in [1.82, 2.24) is 0 Å². The molecule has 0 aromatic heterocycles. The van der Waals surface area contributed by atoms with Crippen molar-refractivity contribution in [3.63, 3.8) is 0 Å². The van der Waals surface area contributed by atoms with Gasteiger partial charge in [-0.1, -0.05) is 54.6 Å². The van der Waals surface area contributed by atoms with E-state index in [-0.39, 0.29) is 18.4 Å². The van der Waals surface area contributed by atoms with Crippen LogP contribution in [0.25, 0.3) is 0 Å². The Morgan fingerprint density at radius 3 is 2.21 bits per heavy atom. The van der Waals surface area contributed by atoms with E-state index in [1.807, 2.05) is 84.9 Å². The number of anilines is 3. The van der Waals surface area contributed by atoms with Gasteiger partial charge in [0.05, 0.1) is 6.54 Å². The predicted octanol–water partition coefficient (Wildman–Crippen LogP) is 4.33. The third-order valence-electron chi connectivity index (χ3n) is 4.59. The fourth-order valence-electron chi connectivity index (χ4n) is 2.92. The summed E-state index contributed by atoms with van der Waals surface area (Å²) in [7, 11) is 1.75. The maximum Gasteiger partial charge on any atom is 0.246 e. The Labute approximate surface area is 171 Å². The quantitative estimate of drug-likeness (QED) is 0.605. The second-order valence-electron chi connectivity index (χ2n) is 6.76. The van der Waals surface area contributed by atoms with Crippen LogP contribution in [0.2, 0.25) is 0 Å². The average Bonchev–Trinajstić information content (AvgIpc) is 2.77. The summed E-state index contributed by atoms with van der Waals surface area (Å²) in [5.74, 6) is -0.0839. The molecule has 3 aromatic carbocycles. The van der Waals surface area contributed by atoms with Crippen molar-refractivity contribution in [2.45, 2.75) is 12.8 Å². The first-order chi connectivity index (χ1) is 14.1. The average molecular weight is 387 g/mol. The number of aryl methyl sites for hydroxylation is 1. The van der Waals surface area contributed by atoms with Crippen LogP contribution >= 0.6 is 0 Å². The topological polar surface area (TPSA) is 61.4 Å². The summed E-state index contributed by atoms with van der Waals surface area (Å²) in [5, 5.41) is 6.04. The molecule has 0 saturated carbocycles. The summed E-state index contributed by atoms with van der Waals surface area (Å²) >= 11 is 0. The van der Waals surface area contributed by atoms with E-state index in [2.05, 4.69) is 10.6 Å². The first-order valence-corrected chi connectivity index (χ1v) is 9.61. The molecule has 0 bridgehead atoms. The molecule has 5 nitrogen and oxygen atoms in total. The Balaban J connectivity index is 1.50. The molecule has 2 amide bonds. The summed E-state index contributed by atoms with van der Waals surface area (Å²) in [4.78, 5) is 26.2. The van der Waals surface area contributed by atoms with E-state index in [0.29, 0.717) is 18.5 Å². The Bertz CT molecular complexity index is 943. The number of benzene rings is 3. The van der Waals surface area contributed by atoms with E-state index < -0.39 is 0 Å².